The Morgan fingerprint density at radius 3 is 1.79 bits per heavy atom. The van der Waals surface area contributed by atoms with Gasteiger partial charge in [0.05, 0.1) is 0 Å². The number of para-hydroxylation sites is 1. The molecular weight excluding hydrogens is 300 g/mol. The normalized spacial score (nSPS) is 15.0. The zero-order valence-corrected chi connectivity index (χ0v) is 14.0. The lowest BCUT2D eigenvalue weighted by molar-refractivity contribution is -0.131. The van der Waals surface area contributed by atoms with Gasteiger partial charge in [-0.1, -0.05) is 44.2 Å². The smallest absolute Gasteiger partial charge is 0.240 e. The molecule has 1 aliphatic carbocycles. The van der Waals surface area contributed by atoms with Gasteiger partial charge in [0.25, 0.3) is 0 Å². The van der Waals surface area contributed by atoms with Crippen LogP contribution in [0.1, 0.15) is 38.2 Å². The molecule has 0 saturated heterocycles. The number of benzene rings is 2. The van der Waals surface area contributed by atoms with Crippen molar-refractivity contribution in [3.8, 4) is 0 Å². The van der Waals surface area contributed by atoms with Crippen LogP contribution in [0, 0.1) is 5.41 Å². The fourth-order valence-corrected chi connectivity index (χ4v) is 2.66. The van der Waals surface area contributed by atoms with E-state index >= 15 is 0 Å². The van der Waals surface area contributed by atoms with E-state index in [0.29, 0.717) is 24.4 Å². The largest absolute Gasteiger partial charge is 0.325 e. The van der Waals surface area contributed by atoms with Gasteiger partial charge in [0.15, 0.2) is 0 Å². The van der Waals surface area contributed by atoms with Crippen LogP contribution >= 0.6 is 0 Å². The molecule has 0 spiro atoms. The van der Waals surface area contributed by atoms with Crippen molar-refractivity contribution in [2.24, 2.45) is 5.41 Å². The molecule has 2 amide bonds. The summed E-state index contributed by atoms with van der Waals surface area (Å²) in [5, 5.41) is 5.71. The van der Waals surface area contributed by atoms with Crippen LogP contribution in [-0.4, -0.2) is 11.8 Å². The van der Waals surface area contributed by atoms with Crippen molar-refractivity contribution in [2.75, 3.05) is 10.6 Å². The summed E-state index contributed by atoms with van der Waals surface area (Å²) < 4.78 is 0. The average molecular weight is 322 g/mol. The highest BCUT2D eigenvalue weighted by Gasteiger charge is 2.56. The predicted octanol–water partition coefficient (Wildman–Crippen LogP) is 4.17. The summed E-state index contributed by atoms with van der Waals surface area (Å²) in [5.74, 6) is -0.0144. The molecule has 0 bridgehead atoms. The average Bonchev–Trinajstić information content (AvgIpc) is 3.38. The molecule has 2 aromatic carbocycles. The Balaban J connectivity index is 1.66. The maximum Gasteiger partial charge on any atom is 0.240 e. The minimum atomic E-state index is -0.938. The zero-order chi connectivity index (χ0) is 17.2. The monoisotopic (exact) mass is 322 g/mol. The fourth-order valence-electron chi connectivity index (χ4n) is 2.66. The summed E-state index contributed by atoms with van der Waals surface area (Å²) in [6.45, 7) is 4.25. The number of carbonyl (C=O) groups is 2. The number of nitrogens with one attached hydrogen (secondary N) is 2. The third kappa shape index (κ3) is 3.32. The van der Waals surface area contributed by atoms with E-state index < -0.39 is 5.41 Å². The minimum absolute atomic E-state index is 0.228. The van der Waals surface area contributed by atoms with Crippen molar-refractivity contribution in [2.45, 2.75) is 32.6 Å². The number of carbonyl (C=O) groups excluding carboxylic acids is 2. The molecular formula is C20H22N2O2. The van der Waals surface area contributed by atoms with Gasteiger partial charge in [-0.2, -0.15) is 0 Å². The lowest BCUT2D eigenvalue weighted by atomic mass is 10.0. The van der Waals surface area contributed by atoms with E-state index in [0.717, 1.165) is 5.69 Å². The lowest BCUT2D eigenvalue weighted by Crippen LogP contribution is -2.35. The van der Waals surface area contributed by atoms with Crippen LogP contribution in [0.3, 0.4) is 0 Å². The summed E-state index contributed by atoms with van der Waals surface area (Å²) in [6.07, 6.45) is 1.17. The van der Waals surface area contributed by atoms with Gasteiger partial charge in [0, 0.05) is 11.4 Å². The van der Waals surface area contributed by atoms with Crippen LogP contribution in [0.5, 0.6) is 0 Å². The highest BCUT2D eigenvalue weighted by molar-refractivity contribution is 6.16. The van der Waals surface area contributed by atoms with Gasteiger partial charge in [0.2, 0.25) is 11.8 Å². The second-order valence-corrected chi connectivity index (χ2v) is 6.63. The molecule has 1 saturated carbocycles. The van der Waals surface area contributed by atoms with Crippen LogP contribution in [0.2, 0.25) is 0 Å². The lowest BCUT2D eigenvalue weighted by Gasteiger charge is -2.16. The minimum Gasteiger partial charge on any atom is -0.325 e. The molecule has 4 heteroatoms. The first-order chi connectivity index (χ1) is 11.5. The fraction of sp³-hybridized carbons (Fsp3) is 0.300. The first kappa shape index (κ1) is 16.2. The summed E-state index contributed by atoms with van der Waals surface area (Å²) in [4.78, 5) is 25.1. The van der Waals surface area contributed by atoms with Gasteiger partial charge in [-0.3, -0.25) is 9.59 Å². The van der Waals surface area contributed by atoms with E-state index in [1.807, 2.05) is 54.6 Å². The number of amides is 2. The van der Waals surface area contributed by atoms with E-state index in [1.165, 1.54) is 5.56 Å². The van der Waals surface area contributed by atoms with Crippen LogP contribution in [0.15, 0.2) is 54.6 Å². The highest BCUT2D eigenvalue weighted by Crippen LogP contribution is 2.47. The third-order valence-corrected chi connectivity index (χ3v) is 4.49. The second kappa shape index (κ2) is 6.48. The predicted molar refractivity (Wildman–Crippen MR) is 95.9 cm³/mol. The Kier molecular flexibility index (Phi) is 4.38. The first-order valence-corrected chi connectivity index (χ1v) is 8.29. The van der Waals surface area contributed by atoms with Crippen LogP contribution < -0.4 is 10.6 Å². The summed E-state index contributed by atoms with van der Waals surface area (Å²) in [7, 11) is 0. The molecule has 0 unspecified atom stereocenters. The molecule has 2 aromatic rings. The quantitative estimate of drug-likeness (QED) is 0.812. The third-order valence-electron chi connectivity index (χ3n) is 4.49. The van der Waals surface area contributed by atoms with Crippen molar-refractivity contribution in [3.05, 3.63) is 60.2 Å². The maximum atomic E-state index is 12.6. The van der Waals surface area contributed by atoms with E-state index in [2.05, 4.69) is 24.5 Å². The van der Waals surface area contributed by atoms with Crippen LogP contribution in [0.4, 0.5) is 11.4 Å². The van der Waals surface area contributed by atoms with Crippen molar-refractivity contribution in [1.29, 1.82) is 0 Å². The molecule has 0 radical (unpaired) electrons. The number of hydrogen-bond donors (Lipinski definition) is 2. The van der Waals surface area contributed by atoms with E-state index in [9.17, 15) is 9.59 Å². The van der Waals surface area contributed by atoms with Gasteiger partial charge in [-0.25, -0.2) is 0 Å². The summed E-state index contributed by atoms with van der Waals surface area (Å²) in [6, 6.07) is 17.0. The molecule has 0 heterocycles. The molecule has 1 aliphatic rings. The maximum absolute atomic E-state index is 12.6. The van der Waals surface area contributed by atoms with Gasteiger partial charge in [-0.05, 0) is 48.6 Å². The van der Waals surface area contributed by atoms with Crippen molar-refractivity contribution < 1.29 is 9.59 Å². The first-order valence-electron chi connectivity index (χ1n) is 8.29. The molecule has 124 valence electrons. The Labute approximate surface area is 142 Å². The topological polar surface area (TPSA) is 58.2 Å². The number of anilines is 2. The summed E-state index contributed by atoms with van der Waals surface area (Å²) >= 11 is 0. The number of hydrogen-bond acceptors (Lipinski definition) is 2. The molecule has 0 aromatic heterocycles. The second-order valence-electron chi connectivity index (χ2n) is 6.63. The van der Waals surface area contributed by atoms with Gasteiger partial charge >= 0.3 is 0 Å². The molecule has 4 nitrogen and oxygen atoms in total. The molecule has 2 N–H and O–H groups in total. The van der Waals surface area contributed by atoms with E-state index in [4.69, 9.17) is 0 Å². The Morgan fingerprint density at radius 2 is 1.33 bits per heavy atom. The number of rotatable bonds is 5. The molecule has 24 heavy (non-hydrogen) atoms. The van der Waals surface area contributed by atoms with Crippen molar-refractivity contribution in [3.63, 3.8) is 0 Å². The van der Waals surface area contributed by atoms with Crippen LogP contribution in [-0.2, 0) is 9.59 Å². The zero-order valence-electron chi connectivity index (χ0n) is 14.0. The Morgan fingerprint density at radius 1 is 0.833 bits per heavy atom. The molecule has 0 atom stereocenters. The molecule has 0 aliphatic heterocycles. The van der Waals surface area contributed by atoms with Gasteiger partial charge < -0.3 is 10.6 Å². The van der Waals surface area contributed by atoms with Gasteiger partial charge in [-0.15, -0.1) is 0 Å². The SMILES string of the molecule is CC(C)c1ccc(NC(=O)C2(C(=O)Nc3ccccc3)CC2)cc1. The van der Waals surface area contributed by atoms with Gasteiger partial charge in [0.1, 0.15) is 5.41 Å². The van der Waals surface area contributed by atoms with Crippen molar-refractivity contribution in [1.82, 2.24) is 0 Å². The Bertz CT molecular complexity index is 732. The molecule has 3 rings (SSSR count). The Hall–Kier alpha value is -2.62. The van der Waals surface area contributed by atoms with Crippen molar-refractivity contribution >= 4 is 23.2 Å². The van der Waals surface area contributed by atoms with Crippen LogP contribution in [0.25, 0.3) is 0 Å². The summed E-state index contributed by atoms with van der Waals surface area (Å²) in [5.41, 5.74) is 1.72. The molecule has 1 fully saturated rings. The standard InChI is InChI=1S/C20H22N2O2/c1-14(2)15-8-10-17(11-9-15)22-19(24)20(12-13-20)18(23)21-16-6-4-3-5-7-16/h3-11,14H,12-13H2,1-2H3,(H,21,23)(H,22,24). The highest BCUT2D eigenvalue weighted by atomic mass is 16.2. The van der Waals surface area contributed by atoms with E-state index in [-0.39, 0.29) is 11.8 Å². The van der Waals surface area contributed by atoms with E-state index in [1.54, 1.807) is 0 Å².